The number of carboxylic acids is 1. The number of thioether (sulfide) groups is 1. The summed E-state index contributed by atoms with van der Waals surface area (Å²) in [4.78, 5) is 23.5. The number of nitrogens with one attached hydrogen (secondary N) is 1. The molecule has 0 fully saturated rings. The third-order valence-corrected chi connectivity index (χ3v) is 4.55. The minimum Gasteiger partial charge on any atom is -0.477 e. The van der Waals surface area contributed by atoms with Crippen LogP contribution in [0.25, 0.3) is 0 Å². The molecule has 0 spiro atoms. The highest BCUT2D eigenvalue weighted by Gasteiger charge is 2.11. The summed E-state index contributed by atoms with van der Waals surface area (Å²) in [5.41, 5.74) is 0. The monoisotopic (exact) mass is 287 g/mol. The van der Waals surface area contributed by atoms with E-state index in [-0.39, 0.29) is 11.9 Å². The SMILES string of the molecule is CCC(CC)NC(=O)CSc1csc(C(=O)O)c1. The average Bonchev–Trinajstić information content (AvgIpc) is 2.82. The second-order valence-electron chi connectivity index (χ2n) is 3.82. The molecule has 0 aliphatic carbocycles. The summed E-state index contributed by atoms with van der Waals surface area (Å²) in [5.74, 6) is -0.600. The smallest absolute Gasteiger partial charge is 0.345 e. The topological polar surface area (TPSA) is 66.4 Å². The van der Waals surface area contributed by atoms with Crippen LogP contribution in [0.3, 0.4) is 0 Å². The fourth-order valence-corrected chi connectivity index (χ4v) is 3.10. The van der Waals surface area contributed by atoms with E-state index in [0.29, 0.717) is 10.6 Å². The molecule has 0 saturated heterocycles. The van der Waals surface area contributed by atoms with Crippen LogP contribution in [0.1, 0.15) is 36.4 Å². The molecule has 1 rings (SSSR count). The van der Waals surface area contributed by atoms with Gasteiger partial charge in [-0.2, -0.15) is 0 Å². The first-order chi connectivity index (χ1) is 8.56. The van der Waals surface area contributed by atoms with E-state index in [2.05, 4.69) is 5.32 Å². The van der Waals surface area contributed by atoms with Crippen molar-refractivity contribution in [3.8, 4) is 0 Å². The average molecular weight is 287 g/mol. The van der Waals surface area contributed by atoms with Gasteiger partial charge in [-0.3, -0.25) is 4.79 Å². The Bertz CT molecular complexity index is 413. The van der Waals surface area contributed by atoms with Crippen LogP contribution >= 0.6 is 23.1 Å². The summed E-state index contributed by atoms with van der Waals surface area (Å²) in [6, 6.07) is 1.83. The Labute approximate surface area is 115 Å². The van der Waals surface area contributed by atoms with Crippen molar-refractivity contribution < 1.29 is 14.7 Å². The highest BCUT2D eigenvalue weighted by Crippen LogP contribution is 2.24. The van der Waals surface area contributed by atoms with Crippen LogP contribution in [0.2, 0.25) is 0 Å². The maximum absolute atomic E-state index is 11.6. The standard InChI is InChI=1S/C12H17NO3S2/c1-3-8(4-2)13-11(14)7-17-9-5-10(12(15)16)18-6-9/h5-6,8H,3-4,7H2,1-2H3,(H,13,14)(H,15,16). The van der Waals surface area contributed by atoms with Crippen molar-refractivity contribution in [3.05, 3.63) is 16.3 Å². The van der Waals surface area contributed by atoms with Gasteiger partial charge in [-0.15, -0.1) is 23.1 Å². The first-order valence-corrected chi connectivity index (χ1v) is 7.67. The molecule has 0 aliphatic rings. The Kier molecular flexibility index (Phi) is 6.21. The maximum atomic E-state index is 11.6. The van der Waals surface area contributed by atoms with E-state index in [1.54, 1.807) is 11.4 Å². The minimum atomic E-state index is -0.923. The largest absolute Gasteiger partial charge is 0.477 e. The van der Waals surface area contributed by atoms with Crippen LogP contribution in [0.4, 0.5) is 0 Å². The molecule has 0 unspecified atom stereocenters. The molecule has 18 heavy (non-hydrogen) atoms. The van der Waals surface area contributed by atoms with Crippen molar-refractivity contribution >= 4 is 35.0 Å². The number of amides is 1. The summed E-state index contributed by atoms with van der Waals surface area (Å²) in [7, 11) is 0. The van der Waals surface area contributed by atoms with E-state index in [1.807, 2.05) is 13.8 Å². The lowest BCUT2D eigenvalue weighted by molar-refractivity contribution is -0.119. The third-order valence-electron chi connectivity index (χ3n) is 2.51. The molecule has 1 amide bonds. The number of carbonyl (C=O) groups is 2. The van der Waals surface area contributed by atoms with Crippen molar-refractivity contribution in [1.82, 2.24) is 5.32 Å². The third kappa shape index (κ3) is 4.70. The molecule has 0 aromatic carbocycles. The fraction of sp³-hybridized carbons (Fsp3) is 0.500. The van der Waals surface area contributed by atoms with E-state index in [4.69, 9.17) is 5.11 Å². The lowest BCUT2D eigenvalue weighted by Gasteiger charge is -2.14. The molecular formula is C12H17NO3S2. The van der Waals surface area contributed by atoms with E-state index < -0.39 is 5.97 Å². The molecule has 1 aromatic heterocycles. The predicted molar refractivity (Wildman–Crippen MR) is 74.5 cm³/mol. The molecule has 1 heterocycles. The zero-order chi connectivity index (χ0) is 13.5. The van der Waals surface area contributed by atoms with Gasteiger partial charge in [0.05, 0.1) is 5.75 Å². The quantitative estimate of drug-likeness (QED) is 0.757. The zero-order valence-electron chi connectivity index (χ0n) is 10.4. The first kappa shape index (κ1) is 15.0. The Morgan fingerprint density at radius 2 is 2.11 bits per heavy atom. The van der Waals surface area contributed by atoms with Gasteiger partial charge in [0.15, 0.2) is 0 Å². The minimum absolute atomic E-state index is 0.00299. The van der Waals surface area contributed by atoms with Crippen LogP contribution in [0.15, 0.2) is 16.3 Å². The van der Waals surface area contributed by atoms with Gasteiger partial charge >= 0.3 is 5.97 Å². The first-order valence-electron chi connectivity index (χ1n) is 5.80. The van der Waals surface area contributed by atoms with Crippen molar-refractivity contribution in [2.45, 2.75) is 37.6 Å². The van der Waals surface area contributed by atoms with Crippen molar-refractivity contribution in [2.24, 2.45) is 0 Å². The van der Waals surface area contributed by atoms with Gasteiger partial charge in [0, 0.05) is 16.3 Å². The summed E-state index contributed by atoms with van der Waals surface area (Å²) in [5, 5.41) is 13.5. The lowest BCUT2D eigenvalue weighted by atomic mass is 10.2. The number of aromatic carboxylic acids is 1. The molecule has 4 nitrogen and oxygen atoms in total. The van der Waals surface area contributed by atoms with Gasteiger partial charge < -0.3 is 10.4 Å². The predicted octanol–water partition coefficient (Wildman–Crippen LogP) is 2.84. The molecule has 6 heteroatoms. The van der Waals surface area contributed by atoms with Gasteiger partial charge in [-0.25, -0.2) is 4.79 Å². The molecule has 0 radical (unpaired) electrons. The van der Waals surface area contributed by atoms with Crippen LogP contribution < -0.4 is 5.32 Å². The summed E-state index contributed by atoms with van der Waals surface area (Å²) >= 11 is 2.54. The molecule has 100 valence electrons. The second kappa shape index (κ2) is 7.43. The Morgan fingerprint density at radius 1 is 1.44 bits per heavy atom. The molecule has 1 aromatic rings. The Balaban J connectivity index is 2.39. The van der Waals surface area contributed by atoms with Gasteiger partial charge in [-0.1, -0.05) is 13.8 Å². The van der Waals surface area contributed by atoms with E-state index in [1.165, 1.54) is 23.1 Å². The highest BCUT2D eigenvalue weighted by atomic mass is 32.2. The number of hydrogen-bond donors (Lipinski definition) is 2. The fourth-order valence-electron chi connectivity index (χ4n) is 1.42. The number of hydrogen-bond acceptors (Lipinski definition) is 4. The van der Waals surface area contributed by atoms with E-state index >= 15 is 0 Å². The number of rotatable bonds is 7. The highest BCUT2D eigenvalue weighted by molar-refractivity contribution is 8.00. The van der Waals surface area contributed by atoms with Crippen LogP contribution in [-0.2, 0) is 4.79 Å². The Morgan fingerprint density at radius 3 is 2.61 bits per heavy atom. The number of carboxylic acid groups (broad SMARTS) is 1. The summed E-state index contributed by atoms with van der Waals surface area (Å²) in [6.45, 7) is 4.08. The molecule has 0 saturated carbocycles. The summed E-state index contributed by atoms with van der Waals surface area (Å²) < 4.78 is 0. The van der Waals surface area contributed by atoms with Crippen molar-refractivity contribution in [1.29, 1.82) is 0 Å². The maximum Gasteiger partial charge on any atom is 0.345 e. The molecule has 0 bridgehead atoms. The van der Waals surface area contributed by atoms with Crippen LogP contribution in [-0.4, -0.2) is 28.8 Å². The van der Waals surface area contributed by atoms with Gasteiger partial charge in [-0.05, 0) is 18.9 Å². The van der Waals surface area contributed by atoms with Gasteiger partial charge in [0.2, 0.25) is 5.91 Å². The van der Waals surface area contributed by atoms with E-state index in [9.17, 15) is 9.59 Å². The molecule has 0 atom stereocenters. The lowest BCUT2D eigenvalue weighted by Crippen LogP contribution is -2.34. The molecular weight excluding hydrogens is 270 g/mol. The normalized spacial score (nSPS) is 10.6. The van der Waals surface area contributed by atoms with Crippen LogP contribution in [0.5, 0.6) is 0 Å². The van der Waals surface area contributed by atoms with Gasteiger partial charge in [0.1, 0.15) is 4.88 Å². The van der Waals surface area contributed by atoms with Gasteiger partial charge in [0.25, 0.3) is 0 Å². The van der Waals surface area contributed by atoms with Crippen LogP contribution in [0, 0.1) is 0 Å². The summed E-state index contributed by atoms with van der Waals surface area (Å²) in [6.07, 6.45) is 1.85. The molecule has 2 N–H and O–H groups in total. The van der Waals surface area contributed by atoms with Crippen molar-refractivity contribution in [2.75, 3.05) is 5.75 Å². The zero-order valence-corrected chi connectivity index (χ0v) is 12.1. The molecule has 0 aliphatic heterocycles. The second-order valence-corrected chi connectivity index (χ2v) is 5.78. The van der Waals surface area contributed by atoms with E-state index in [0.717, 1.165) is 17.7 Å². The number of thiophene rings is 1. The Hall–Kier alpha value is -1.01. The van der Waals surface area contributed by atoms with Crippen molar-refractivity contribution in [3.63, 3.8) is 0 Å². The number of carbonyl (C=O) groups excluding carboxylic acids is 1.